The molecule has 4 rings (SSSR count). The summed E-state index contributed by atoms with van der Waals surface area (Å²) in [7, 11) is 5.51. The van der Waals surface area contributed by atoms with Gasteiger partial charge in [-0.05, 0) is 36.2 Å². The normalized spacial score (nSPS) is 11.9. The molecule has 0 saturated heterocycles. The number of aromatic nitrogens is 3. The van der Waals surface area contributed by atoms with Gasteiger partial charge in [-0.1, -0.05) is 30.3 Å². The van der Waals surface area contributed by atoms with Crippen LogP contribution in [0.25, 0.3) is 10.9 Å². The molecule has 0 bridgehead atoms. The van der Waals surface area contributed by atoms with Crippen molar-refractivity contribution >= 4 is 22.6 Å². The summed E-state index contributed by atoms with van der Waals surface area (Å²) in [4.78, 5) is 27.5. The van der Waals surface area contributed by atoms with E-state index in [0.717, 1.165) is 39.3 Å². The number of nitrogens with one attached hydrogen (secondary N) is 2. The molecule has 2 aromatic carbocycles. The topological polar surface area (TPSA) is 83.1 Å². The fourth-order valence-corrected chi connectivity index (χ4v) is 3.95. The fourth-order valence-electron chi connectivity index (χ4n) is 3.95. The number of H-pyrrole nitrogens is 1. The molecule has 2 heterocycles. The van der Waals surface area contributed by atoms with E-state index in [1.807, 2.05) is 80.6 Å². The minimum atomic E-state index is -0.303. The lowest BCUT2D eigenvalue weighted by Crippen LogP contribution is -2.32. The first-order chi connectivity index (χ1) is 15.9. The Morgan fingerprint density at radius 1 is 1.12 bits per heavy atom. The van der Waals surface area contributed by atoms with Crippen LogP contribution in [0, 0.1) is 6.92 Å². The summed E-state index contributed by atoms with van der Waals surface area (Å²) in [6.07, 6.45) is 2.87. The fraction of sp³-hybridized carbons (Fsp3) is 0.269. The standard InChI is InChI=1S/C26H29N5O2/c1-17-28-24(15-25(29-17)31(2)3)23(14-19-16-27-22-11-6-5-10-21(19)22)30-26(32)13-18-8-7-9-20(12-18)33-4/h5-12,15-16,23,27H,13-14H2,1-4H3,(H,30,32)/t23-/m1/s1. The number of aryl methyl sites for hydroxylation is 1. The van der Waals surface area contributed by atoms with Crippen LogP contribution in [-0.4, -0.2) is 42.1 Å². The maximum Gasteiger partial charge on any atom is 0.224 e. The van der Waals surface area contributed by atoms with Crippen molar-refractivity contribution in [1.29, 1.82) is 0 Å². The Morgan fingerprint density at radius 2 is 1.94 bits per heavy atom. The molecule has 170 valence electrons. The molecule has 2 N–H and O–H groups in total. The number of fused-ring (bicyclic) bond motifs is 1. The minimum Gasteiger partial charge on any atom is -0.497 e. The van der Waals surface area contributed by atoms with E-state index in [2.05, 4.69) is 26.3 Å². The van der Waals surface area contributed by atoms with E-state index in [-0.39, 0.29) is 18.4 Å². The number of carbonyl (C=O) groups excluding carboxylic acids is 1. The van der Waals surface area contributed by atoms with Crippen LogP contribution in [0.3, 0.4) is 0 Å². The molecular weight excluding hydrogens is 414 g/mol. The Bertz CT molecular complexity index is 1260. The van der Waals surface area contributed by atoms with Gasteiger partial charge in [0.25, 0.3) is 0 Å². The molecule has 1 amide bonds. The Morgan fingerprint density at radius 3 is 2.73 bits per heavy atom. The summed E-state index contributed by atoms with van der Waals surface area (Å²) < 4.78 is 5.29. The van der Waals surface area contributed by atoms with Crippen LogP contribution < -0.4 is 15.0 Å². The lowest BCUT2D eigenvalue weighted by atomic mass is 10.0. The van der Waals surface area contributed by atoms with Crippen molar-refractivity contribution in [3.63, 3.8) is 0 Å². The number of carbonyl (C=O) groups is 1. The molecular formula is C26H29N5O2. The highest BCUT2D eigenvalue weighted by Crippen LogP contribution is 2.25. The van der Waals surface area contributed by atoms with Gasteiger partial charge in [-0.15, -0.1) is 0 Å². The summed E-state index contributed by atoms with van der Waals surface area (Å²) in [5, 5.41) is 4.35. The van der Waals surface area contributed by atoms with E-state index in [4.69, 9.17) is 4.74 Å². The number of hydrogen-bond donors (Lipinski definition) is 2. The zero-order chi connectivity index (χ0) is 23.4. The van der Waals surface area contributed by atoms with Gasteiger partial charge in [0.1, 0.15) is 17.4 Å². The first kappa shape index (κ1) is 22.3. The lowest BCUT2D eigenvalue weighted by molar-refractivity contribution is -0.121. The summed E-state index contributed by atoms with van der Waals surface area (Å²) in [6, 6.07) is 17.4. The summed E-state index contributed by atoms with van der Waals surface area (Å²) in [6.45, 7) is 1.87. The number of ether oxygens (including phenoxy) is 1. The highest BCUT2D eigenvalue weighted by Gasteiger charge is 2.21. The van der Waals surface area contributed by atoms with Crippen molar-refractivity contribution in [2.24, 2.45) is 0 Å². The average molecular weight is 444 g/mol. The Balaban J connectivity index is 1.64. The Hall–Kier alpha value is -3.87. The second-order valence-electron chi connectivity index (χ2n) is 8.30. The molecule has 7 nitrogen and oxygen atoms in total. The van der Waals surface area contributed by atoms with Crippen LogP contribution in [0.4, 0.5) is 5.82 Å². The second kappa shape index (κ2) is 9.73. The third-order valence-electron chi connectivity index (χ3n) is 5.59. The quantitative estimate of drug-likeness (QED) is 0.430. The number of nitrogens with zero attached hydrogens (tertiary/aromatic N) is 3. The van der Waals surface area contributed by atoms with Crippen molar-refractivity contribution in [3.05, 3.63) is 83.4 Å². The number of anilines is 1. The van der Waals surface area contributed by atoms with Crippen LogP contribution in [-0.2, 0) is 17.6 Å². The largest absolute Gasteiger partial charge is 0.497 e. The van der Waals surface area contributed by atoms with Gasteiger partial charge in [0.2, 0.25) is 5.91 Å². The van der Waals surface area contributed by atoms with Gasteiger partial charge in [-0.2, -0.15) is 0 Å². The van der Waals surface area contributed by atoms with E-state index in [9.17, 15) is 4.79 Å². The molecule has 0 radical (unpaired) electrons. The Kier molecular flexibility index (Phi) is 6.58. The number of rotatable bonds is 8. The number of amides is 1. The predicted molar refractivity (Wildman–Crippen MR) is 131 cm³/mol. The summed E-state index contributed by atoms with van der Waals surface area (Å²) >= 11 is 0. The van der Waals surface area contributed by atoms with E-state index in [1.54, 1.807) is 7.11 Å². The number of benzene rings is 2. The van der Waals surface area contributed by atoms with E-state index in [0.29, 0.717) is 12.2 Å². The van der Waals surface area contributed by atoms with Crippen molar-refractivity contribution in [1.82, 2.24) is 20.3 Å². The highest BCUT2D eigenvalue weighted by molar-refractivity contribution is 5.83. The molecule has 4 aromatic rings. The van der Waals surface area contributed by atoms with Crippen molar-refractivity contribution in [2.75, 3.05) is 26.1 Å². The van der Waals surface area contributed by atoms with Crippen molar-refractivity contribution < 1.29 is 9.53 Å². The van der Waals surface area contributed by atoms with Crippen LogP contribution in [0.2, 0.25) is 0 Å². The van der Waals surface area contributed by atoms with E-state index in [1.165, 1.54) is 0 Å². The zero-order valence-electron chi connectivity index (χ0n) is 19.4. The number of para-hydroxylation sites is 1. The van der Waals surface area contributed by atoms with Gasteiger partial charge >= 0.3 is 0 Å². The molecule has 33 heavy (non-hydrogen) atoms. The third-order valence-corrected chi connectivity index (χ3v) is 5.59. The molecule has 0 spiro atoms. The van der Waals surface area contributed by atoms with Crippen LogP contribution in [0.15, 0.2) is 60.8 Å². The first-order valence-corrected chi connectivity index (χ1v) is 10.9. The maximum absolute atomic E-state index is 13.1. The van der Waals surface area contributed by atoms with Crippen LogP contribution in [0.5, 0.6) is 5.75 Å². The zero-order valence-corrected chi connectivity index (χ0v) is 19.4. The maximum atomic E-state index is 13.1. The monoisotopic (exact) mass is 443 g/mol. The molecule has 1 atom stereocenters. The predicted octanol–water partition coefficient (Wildman–Crippen LogP) is 3.98. The van der Waals surface area contributed by atoms with Crippen molar-refractivity contribution in [2.45, 2.75) is 25.8 Å². The molecule has 0 fully saturated rings. The smallest absolute Gasteiger partial charge is 0.224 e. The molecule has 0 unspecified atom stereocenters. The molecule has 0 aliphatic carbocycles. The molecule has 2 aromatic heterocycles. The summed E-state index contributed by atoms with van der Waals surface area (Å²) in [5.41, 5.74) is 3.88. The van der Waals surface area contributed by atoms with E-state index < -0.39 is 0 Å². The number of methoxy groups -OCH3 is 1. The van der Waals surface area contributed by atoms with Crippen LogP contribution >= 0.6 is 0 Å². The van der Waals surface area contributed by atoms with Gasteiger partial charge in [0.05, 0.1) is 25.3 Å². The molecule has 0 aliphatic heterocycles. The minimum absolute atomic E-state index is 0.0734. The third kappa shape index (κ3) is 5.31. The second-order valence-corrected chi connectivity index (χ2v) is 8.30. The highest BCUT2D eigenvalue weighted by atomic mass is 16.5. The lowest BCUT2D eigenvalue weighted by Gasteiger charge is -2.21. The summed E-state index contributed by atoms with van der Waals surface area (Å²) in [5.74, 6) is 2.14. The van der Waals surface area contributed by atoms with Gasteiger partial charge in [0, 0.05) is 43.7 Å². The van der Waals surface area contributed by atoms with Gasteiger partial charge in [-0.25, -0.2) is 9.97 Å². The molecule has 0 aliphatic rings. The van der Waals surface area contributed by atoms with E-state index >= 15 is 0 Å². The van der Waals surface area contributed by atoms with Crippen molar-refractivity contribution in [3.8, 4) is 5.75 Å². The van der Waals surface area contributed by atoms with Gasteiger partial charge in [0.15, 0.2) is 0 Å². The average Bonchev–Trinajstić information content (AvgIpc) is 3.21. The van der Waals surface area contributed by atoms with Crippen LogP contribution in [0.1, 0.15) is 28.7 Å². The first-order valence-electron chi connectivity index (χ1n) is 10.9. The molecule has 0 saturated carbocycles. The SMILES string of the molecule is COc1cccc(CC(=O)N[C@H](Cc2c[nH]c3ccccc23)c2cc(N(C)C)nc(C)n2)c1. The number of aromatic amines is 1. The molecule has 7 heteroatoms. The number of hydrogen-bond acceptors (Lipinski definition) is 5. The van der Waals surface area contributed by atoms with Gasteiger partial charge in [-0.3, -0.25) is 4.79 Å². The van der Waals surface area contributed by atoms with Gasteiger partial charge < -0.3 is 19.9 Å². The Labute approximate surface area is 193 Å².